The van der Waals surface area contributed by atoms with Gasteiger partial charge in [0, 0.05) is 7.11 Å². The van der Waals surface area contributed by atoms with E-state index in [1.165, 1.54) is 24.8 Å². The fraction of sp³-hybridized carbons (Fsp3) is 0.615. The van der Waals surface area contributed by atoms with E-state index < -0.39 is 0 Å². The summed E-state index contributed by atoms with van der Waals surface area (Å²) in [6.45, 7) is 4.07. The SMILES string of the molecule is C=C1CCC=C=CC(OC)CCCC1. The van der Waals surface area contributed by atoms with E-state index >= 15 is 0 Å². The van der Waals surface area contributed by atoms with Gasteiger partial charge in [-0.3, -0.25) is 0 Å². The Labute approximate surface area is 87.2 Å². The third kappa shape index (κ3) is 4.45. The van der Waals surface area contributed by atoms with Gasteiger partial charge in [0.25, 0.3) is 0 Å². The largest absolute Gasteiger partial charge is 0.377 e. The maximum atomic E-state index is 5.33. The van der Waals surface area contributed by atoms with Crippen LogP contribution in [-0.4, -0.2) is 13.2 Å². The third-order valence-electron chi connectivity index (χ3n) is 2.61. The molecule has 0 saturated carbocycles. The number of methoxy groups -OCH3 is 1. The number of allylic oxidation sites excluding steroid dienone is 1. The molecule has 1 unspecified atom stereocenters. The Morgan fingerprint density at radius 3 is 3.07 bits per heavy atom. The van der Waals surface area contributed by atoms with Crippen molar-refractivity contribution in [1.82, 2.24) is 0 Å². The zero-order valence-electron chi connectivity index (χ0n) is 9.09. The van der Waals surface area contributed by atoms with Crippen LogP contribution in [0, 0.1) is 0 Å². The topological polar surface area (TPSA) is 9.23 Å². The number of hydrogen-bond acceptors (Lipinski definition) is 1. The van der Waals surface area contributed by atoms with Crippen LogP contribution in [-0.2, 0) is 4.74 Å². The highest BCUT2D eigenvalue weighted by Crippen LogP contribution is 2.15. The highest BCUT2D eigenvalue weighted by molar-refractivity contribution is 4.99. The molecule has 0 spiro atoms. The first-order chi connectivity index (χ1) is 6.83. The lowest BCUT2D eigenvalue weighted by Gasteiger charge is -2.09. The maximum absolute atomic E-state index is 5.33. The first kappa shape index (κ1) is 11.3. The maximum Gasteiger partial charge on any atom is 0.0825 e. The molecule has 0 radical (unpaired) electrons. The molecule has 0 aliphatic heterocycles. The molecule has 0 saturated heterocycles. The fourth-order valence-electron chi connectivity index (χ4n) is 1.65. The molecule has 1 aliphatic rings. The Bertz CT molecular complexity index is 234. The van der Waals surface area contributed by atoms with Gasteiger partial charge in [-0.25, -0.2) is 0 Å². The predicted octanol–water partition coefficient (Wildman–Crippen LogP) is 3.62. The summed E-state index contributed by atoms with van der Waals surface area (Å²) in [6.07, 6.45) is 11.3. The molecule has 0 amide bonds. The second kappa shape index (κ2) is 6.64. The van der Waals surface area contributed by atoms with E-state index in [-0.39, 0.29) is 6.10 Å². The average Bonchev–Trinajstić information content (AvgIpc) is 2.23. The van der Waals surface area contributed by atoms with Gasteiger partial charge in [-0.15, -0.1) is 5.73 Å². The first-order valence-corrected chi connectivity index (χ1v) is 5.43. The molecule has 1 rings (SSSR count). The summed E-state index contributed by atoms with van der Waals surface area (Å²) < 4.78 is 5.33. The Hall–Kier alpha value is -0.780. The van der Waals surface area contributed by atoms with Crippen LogP contribution in [0.15, 0.2) is 30.0 Å². The second-order valence-corrected chi connectivity index (χ2v) is 3.85. The van der Waals surface area contributed by atoms with Crippen molar-refractivity contribution in [3.8, 4) is 0 Å². The lowest BCUT2D eigenvalue weighted by Crippen LogP contribution is -2.05. The van der Waals surface area contributed by atoms with Crippen LogP contribution >= 0.6 is 0 Å². The van der Waals surface area contributed by atoms with Crippen molar-refractivity contribution in [2.45, 2.75) is 44.6 Å². The molecule has 1 heteroatoms. The molecule has 1 nitrogen and oxygen atoms in total. The van der Waals surface area contributed by atoms with Crippen molar-refractivity contribution >= 4 is 0 Å². The van der Waals surface area contributed by atoms with Gasteiger partial charge < -0.3 is 4.74 Å². The van der Waals surface area contributed by atoms with Crippen molar-refractivity contribution in [1.29, 1.82) is 0 Å². The van der Waals surface area contributed by atoms with Crippen molar-refractivity contribution in [2.24, 2.45) is 0 Å². The van der Waals surface area contributed by atoms with E-state index in [9.17, 15) is 0 Å². The quantitative estimate of drug-likeness (QED) is 0.455. The smallest absolute Gasteiger partial charge is 0.0825 e. The summed E-state index contributed by atoms with van der Waals surface area (Å²) in [7, 11) is 1.77. The summed E-state index contributed by atoms with van der Waals surface area (Å²) in [5.41, 5.74) is 4.56. The van der Waals surface area contributed by atoms with E-state index in [0.29, 0.717) is 0 Å². The number of hydrogen-bond donors (Lipinski definition) is 0. The highest BCUT2D eigenvalue weighted by Gasteiger charge is 2.03. The Morgan fingerprint density at radius 1 is 1.43 bits per heavy atom. The minimum Gasteiger partial charge on any atom is -0.377 e. The van der Waals surface area contributed by atoms with Gasteiger partial charge in [-0.2, -0.15) is 0 Å². The van der Waals surface area contributed by atoms with Crippen LogP contribution in [0.4, 0.5) is 0 Å². The fourth-order valence-corrected chi connectivity index (χ4v) is 1.65. The molecule has 0 bridgehead atoms. The van der Waals surface area contributed by atoms with Crippen LogP contribution in [0.1, 0.15) is 38.5 Å². The predicted molar refractivity (Wildman–Crippen MR) is 60.3 cm³/mol. The molecule has 14 heavy (non-hydrogen) atoms. The van der Waals surface area contributed by atoms with Crippen LogP contribution in [0.2, 0.25) is 0 Å². The minimum absolute atomic E-state index is 0.248. The molecule has 78 valence electrons. The van der Waals surface area contributed by atoms with Gasteiger partial charge in [0.1, 0.15) is 0 Å². The van der Waals surface area contributed by atoms with Gasteiger partial charge in [0.15, 0.2) is 0 Å². The average molecular weight is 192 g/mol. The molecular formula is C13H20O. The lowest BCUT2D eigenvalue weighted by molar-refractivity contribution is 0.131. The van der Waals surface area contributed by atoms with Crippen LogP contribution in [0.5, 0.6) is 0 Å². The summed E-state index contributed by atoms with van der Waals surface area (Å²) >= 11 is 0. The van der Waals surface area contributed by atoms with E-state index in [1.54, 1.807) is 7.11 Å². The minimum atomic E-state index is 0.248. The number of ether oxygens (including phenoxy) is 1. The van der Waals surface area contributed by atoms with Crippen molar-refractivity contribution in [3.05, 3.63) is 30.0 Å². The van der Waals surface area contributed by atoms with Gasteiger partial charge in [0.05, 0.1) is 6.10 Å². The summed E-state index contributed by atoms with van der Waals surface area (Å²) in [6, 6.07) is 0. The van der Waals surface area contributed by atoms with E-state index in [4.69, 9.17) is 4.74 Å². The Kier molecular flexibility index (Phi) is 5.36. The molecule has 0 N–H and O–H groups in total. The van der Waals surface area contributed by atoms with Crippen LogP contribution < -0.4 is 0 Å². The van der Waals surface area contributed by atoms with Gasteiger partial charge in [0.2, 0.25) is 0 Å². The van der Waals surface area contributed by atoms with Crippen molar-refractivity contribution < 1.29 is 4.74 Å². The van der Waals surface area contributed by atoms with E-state index in [0.717, 1.165) is 19.3 Å². The molecule has 1 atom stereocenters. The Balaban J connectivity index is 2.50. The molecule has 0 aromatic rings. The van der Waals surface area contributed by atoms with Crippen LogP contribution in [0.3, 0.4) is 0 Å². The Morgan fingerprint density at radius 2 is 2.29 bits per heavy atom. The lowest BCUT2D eigenvalue weighted by atomic mass is 10.0. The monoisotopic (exact) mass is 192 g/mol. The summed E-state index contributed by atoms with van der Waals surface area (Å²) in [5.74, 6) is 0. The highest BCUT2D eigenvalue weighted by atomic mass is 16.5. The van der Waals surface area contributed by atoms with Gasteiger partial charge in [-0.1, -0.05) is 18.6 Å². The zero-order valence-corrected chi connectivity index (χ0v) is 9.09. The molecule has 0 heterocycles. The normalized spacial score (nSPS) is 24.6. The molecule has 0 aromatic heterocycles. The molecule has 0 aromatic carbocycles. The second-order valence-electron chi connectivity index (χ2n) is 3.85. The van der Waals surface area contributed by atoms with Gasteiger partial charge in [-0.05, 0) is 44.3 Å². The third-order valence-corrected chi connectivity index (χ3v) is 2.61. The zero-order chi connectivity index (χ0) is 10.2. The molecule has 1 aliphatic carbocycles. The summed E-state index contributed by atoms with van der Waals surface area (Å²) in [5, 5.41) is 0. The standard InChI is InChI=1S/C13H20O/c1-12-8-4-3-5-10-13(14-2)11-7-6-9-12/h3,10,13H,1,4,6-9,11H2,2H3. The van der Waals surface area contributed by atoms with Crippen molar-refractivity contribution in [3.63, 3.8) is 0 Å². The van der Waals surface area contributed by atoms with Crippen LogP contribution in [0.25, 0.3) is 0 Å². The molecular weight excluding hydrogens is 172 g/mol. The summed E-state index contributed by atoms with van der Waals surface area (Å²) in [4.78, 5) is 0. The van der Waals surface area contributed by atoms with E-state index in [1.807, 2.05) is 6.08 Å². The van der Waals surface area contributed by atoms with E-state index in [2.05, 4.69) is 18.4 Å². The van der Waals surface area contributed by atoms with Crippen molar-refractivity contribution in [2.75, 3.05) is 7.11 Å². The van der Waals surface area contributed by atoms with Gasteiger partial charge >= 0.3 is 0 Å². The number of rotatable bonds is 1. The molecule has 0 fully saturated rings. The first-order valence-electron chi connectivity index (χ1n) is 5.43.